The van der Waals surface area contributed by atoms with Crippen molar-refractivity contribution in [3.8, 4) is 11.5 Å². The zero-order valence-corrected chi connectivity index (χ0v) is 15.6. The Hall–Kier alpha value is -3.74. The van der Waals surface area contributed by atoms with Crippen molar-refractivity contribution < 1.29 is 14.3 Å². The molecule has 0 aliphatic carbocycles. The summed E-state index contributed by atoms with van der Waals surface area (Å²) in [5.74, 6) is 1.72. The Morgan fingerprint density at radius 3 is 2.43 bits per heavy atom. The summed E-state index contributed by atoms with van der Waals surface area (Å²) in [6, 6.07) is 16.8. The molecule has 2 heterocycles. The predicted octanol–water partition coefficient (Wildman–Crippen LogP) is 3.87. The van der Waals surface area contributed by atoms with E-state index in [1.807, 2.05) is 43.3 Å². The van der Waals surface area contributed by atoms with Gasteiger partial charge in [-0.2, -0.15) is 0 Å². The SMILES string of the molecule is CN(C)c1ccc(Nc2ccc(C(=O)Nc3ccc4c(c3)OCO4)cn2)cc1. The highest BCUT2D eigenvalue weighted by Crippen LogP contribution is 2.34. The van der Waals surface area contributed by atoms with E-state index in [1.165, 1.54) is 0 Å². The number of aromatic nitrogens is 1. The Morgan fingerprint density at radius 1 is 0.964 bits per heavy atom. The lowest BCUT2D eigenvalue weighted by atomic mass is 10.2. The first-order valence-electron chi connectivity index (χ1n) is 8.80. The van der Waals surface area contributed by atoms with Crippen LogP contribution in [0.3, 0.4) is 0 Å². The number of anilines is 4. The molecule has 0 saturated carbocycles. The Labute approximate surface area is 162 Å². The molecule has 0 radical (unpaired) electrons. The van der Waals surface area contributed by atoms with Crippen molar-refractivity contribution in [1.29, 1.82) is 0 Å². The quantitative estimate of drug-likeness (QED) is 0.704. The Morgan fingerprint density at radius 2 is 1.71 bits per heavy atom. The van der Waals surface area contributed by atoms with Crippen LogP contribution in [0.25, 0.3) is 0 Å². The van der Waals surface area contributed by atoms with Gasteiger partial charge >= 0.3 is 0 Å². The molecule has 7 heteroatoms. The topological polar surface area (TPSA) is 75.7 Å². The molecule has 1 aliphatic rings. The van der Waals surface area contributed by atoms with Crippen molar-refractivity contribution in [3.05, 3.63) is 66.4 Å². The molecular formula is C21H20N4O3. The molecule has 142 valence electrons. The molecule has 0 spiro atoms. The fourth-order valence-electron chi connectivity index (χ4n) is 2.77. The molecular weight excluding hydrogens is 356 g/mol. The molecule has 0 unspecified atom stereocenters. The fraction of sp³-hybridized carbons (Fsp3) is 0.143. The number of nitrogens with zero attached hydrogens (tertiary/aromatic N) is 2. The molecule has 1 aliphatic heterocycles. The van der Waals surface area contributed by atoms with E-state index in [9.17, 15) is 4.79 Å². The van der Waals surface area contributed by atoms with E-state index >= 15 is 0 Å². The molecule has 4 rings (SSSR count). The number of hydrogen-bond acceptors (Lipinski definition) is 6. The molecule has 28 heavy (non-hydrogen) atoms. The number of rotatable bonds is 5. The zero-order valence-electron chi connectivity index (χ0n) is 15.6. The van der Waals surface area contributed by atoms with Crippen LogP contribution < -0.4 is 25.0 Å². The van der Waals surface area contributed by atoms with Gasteiger partial charge in [-0.1, -0.05) is 0 Å². The largest absolute Gasteiger partial charge is 0.454 e. The number of ether oxygens (including phenoxy) is 2. The van der Waals surface area contributed by atoms with Gasteiger partial charge in [0, 0.05) is 43.4 Å². The van der Waals surface area contributed by atoms with E-state index < -0.39 is 0 Å². The predicted molar refractivity (Wildman–Crippen MR) is 109 cm³/mol. The average molecular weight is 376 g/mol. The summed E-state index contributed by atoms with van der Waals surface area (Å²) in [5, 5.41) is 6.06. The van der Waals surface area contributed by atoms with Crippen molar-refractivity contribution in [3.63, 3.8) is 0 Å². The number of amides is 1. The van der Waals surface area contributed by atoms with Crippen LogP contribution in [0.4, 0.5) is 22.9 Å². The Kier molecular flexibility index (Phi) is 4.72. The van der Waals surface area contributed by atoms with Gasteiger partial charge in [0.15, 0.2) is 11.5 Å². The number of carbonyl (C=O) groups is 1. The molecule has 7 nitrogen and oxygen atoms in total. The van der Waals surface area contributed by atoms with Crippen LogP contribution in [-0.2, 0) is 0 Å². The van der Waals surface area contributed by atoms with Crippen LogP contribution in [0.15, 0.2) is 60.8 Å². The first-order chi connectivity index (χ1) is 13.6. The number of fused-ring (bicyclic) bond motifs is 1. The van der Waals surface area contributed by atoms with Crippen LogP contribution in [0.2, 0.25) is 0 Å². The summed E-state index contributed by atoms with van der Waals surface area (Å²) in [6.07, 6.45) is 1.54. The number of benzene rings is 2. The van der Waals surface area contributed by atoms with Crippen LogP contribution in [-0.4, -0.2) is 31.8 Å². The van der Waals surface area contributed by atoms with Gasteiger partial charge in [0.25, 0.3) is 5.91 Å². The summed E-state index contributed by atoms with van der Waals surface area (Å²) in [5.41, 5.74) is 3.15. The first kappa shape index (κ1) is 17.7. The average Bonchev–Trinajstić information content (AvgIpc) is 3.17. The minimum absolute atomic E-state index is 0.197. The highest BCUT2D eigenvalue weighted by atomic mass is 16.7. The Bertz CT molecular complexity index is 986. The standard InChI is InChI=1S/C21H20N4O3/c1-25(2)17-7-4-15(5-8-17)23-20-10-3-14(12-22-20)21(26)24-16-6-9-18-19(11-16)28-13-27-18/h3-12H,13H2,1-2H3,(H,22,23)(H,24,26). The summed E-state index contributed by atoms with van der Waals surface area (Å²) in [4.78, 5) is 18.8. The van der Waals surface area contributed by atoms with Gasteiger partial charge in [-0.3, -0.25) is 4.79 Å². The van der Waals surface area contributed by atoms with E-state index in [0.717, 1.165) is 11.4 Å². The summed E-state index contributed by atoms with van der Waals surface area (Å²) in [6.45, 7) is 0.197. The number of carbonyl (C=O) groups excluding carboxylic acids is 1. The van der Waals surface area contributed by atoms with Crippen LogP contribution >= 0.6 is 0 Å². The smallest absolute Gasteiger partial charge is 0.257 e. The van der Waals surface area contributed by atoms with Crippen molar-refractivity contribution in [2.75, 3.05) is 36.4 Å². The second-order valence-corrected chi connectivity index (χ2v) is 6.52. The van der Waals surface area contributed by atoms with Gasteiger partial charge in [-0.15, -0.1) is 0 Å². The summed E-state index contributed by atoms with van der Waals surface area (Å²) < 4.78 is 10.6. The molecule has 0 saturated heterocycles. The second-order valence-electron chi connectivity index (χ2n) is 6.52. The van der Waals surface area contributed by atoms with Crippen molar-refractivity contribution in [1.82, 2.24) is 4.98 Å². The maximum atomic E-state index is 12.4. The lowest BCUT2D eigenvalue weighted by Crippen LogP contribution is -2.12. The number of pyridine rings is 1. The van der Waals surface area contributed by atoms with E-state index in [0.29, 0.717) is 28.6 Å². The first-order valence-corrected chi connectivity index (χ1v) is 8.80. The molecule has 3 aromatic rings. The summed E-state index contributed by atoms with van der Waals surface area (Å²) >= 11 is 0. The van der Waals surface area contributed by atoms with Crippen LogP contribution in [0.1, 0.15) is 10.4 Å². The lowest BCUT2D eigenvalue weighted by molar-refractivity contribution is 0.102. The third-order valence-corrected chi connectivity index (χ3v) is 4.31. The van der Waals surface area contributed by atoms with Gasteiger partial charge in [-0.05, 0) is 48.5 Å². The second kappa shape index (κ2) is 7.48. The Balaban J connectivity index is 1.40. The van der Waals surface area contributed by atoms with E-state index in [1.54, 1.807) is 36.5 Å². The van der Waals surface area contributed by atoms with E-state index in [-0.39, 0.29) is 12.7 Å². The van der Waals surface area contributed by atoms with Crippen molar-refractivity contribution in [2.45, 2.75) is 0 Å². The van der Waals surface area contributed by atoms with Gasteiger partial charge < -0.3 is 25.0 Å². The highest BCUT2D eigenvalue weighted by Gasteiger charge is 2.14. The maximum Gasteiger partial charge on any atom is 0.257 e. The minimum atomic E-state index is -0.242. The monoisotopic (exact) mass is 376 g/mol. The number of hydrogen-bond donors (Lipinski definition) is 2. The van der Waals surface area contributed by atoms with Gasteiger partial charge in [0.2, 0.25) is 6.79 Å². The van der Waals surface area contributed by atoms with Crippen molar-refractivity contribution in [2.24, 2.45) is 0 Å². The number of nitrogens with one attached hydrogen (secondary N) is 2. The maximum absolute atomic E-state index is 12.4. The molecule has 0 fully saturated rings. The van der Waals surface area contributed by atoms with Gasteiger partial charge in [0.05, 0.1) is 5.56 Å². The van der Waals surface area contributed by atoms with E-state index in [4.69, 9.17) is 9.47 Å². The van der Waals surface area contributed by atoms with Crippen LogP contribution in [0, 0.1) is 0 Å². The summed E-state index contributed by atoms with van der Waals surface area (Å²) in [7, 11) is 3.99. The molecule has 2 N–H and O–H groups in total. The third-order valence-electron chi connectivity index (χ3n) is 4.31. The molecule has 0 atom stereocenters. The molecule has 1 amide bonds. The van der Waals surface area contributed by atoms with Gasteiger partial charge in [0.1, 0.15) is 5.82 Å². The third kappa shape index (κ3) is 3.83. The lowest BCUT2D eigenvalue weighted by Gasteiger charge is -2.13. The zero-order chi connectivity index (χ0) is 19.5. The fourth-order valence-corrected chi connectivity index (χ4v) is 2.77. The molecule has 1 aromatic heterocycles. The minimum Gasteiger partial charge on any atom is -0.454 e. The van der Waals surface area contributed by atoms with Crippen molar-refractivity contribution >= 4 is 28.8 Å². The normalized spacial score (nSPS) is 11.8. The van der Waals surface area contributed by atoms with Crippen LogP contribution in [0.5, 0.6) is 11.5 Å². The van der Waals surface area contributed by atoms with E-state index in [2.05, 4.69) is 15.6 Å². The molecule has 0 bridgehead atoms. The highest BCUT2D eigenvalue weighted by molar-refractivity contribution is 6.04. The molecule has 2 aromatic carbocycles. The van der Waals surface area contributed by atoms with Gasteiger partial charge in [-0.25, -0.2) is 4.98 Å².